The molecule has 20 heavy (non-hydrogen) atoms. The van der Waals surface area contributed by atoms with E-state index >= 15 is 0 Å². The first-order valence-corrected chi connectivity index (χ1v) is 8.13. The van der Waals surface area contributed by atoms with E-state index in [9.17, 15) is 8.42 Å². The predicted molar refractivity (Wildman–Crippen MR) is 82.2 cm³/mol. The first-order valence-electron chi connectivity index (χ1n) is 6.58. The second-order valence-corrected chi connectivity index (χ2v) is 7.22. The summed E-state index contributed by atoms with van der Waals surface area (Å²) < 4.78 is 27.0. The maximum Gasteiger partial charge on any atom is 0.218 e. The fourth-order valence-corrected chi connectivity index (χ4v) is 3.50. The topological polar surface area (TPSA) is 65.2 Å². The van der Waals surface area contributed by atoms with E-state index in [1.807, 2.05) is 49.5 Å². The Morgan fingerprint density at radius 1 is 1.30 bits per heavy atom. The number of benzene rings is 1. The summed E-state index contributed by atoms with van der Waals surface area (Å²) >= 11 is 0. The lowest BCUT2D eigenvalue weighted by Gasteiger charge is -2.19. The lowest BCUT2D eigenvalue weighted by Crippen LogP contribution is -2.28. The minimum absolute atomic E-state index is 0.533. The zero-order valence-electron chi connectivity index (χ0n) is 12.1. The predicted octanol–water partition coefficient (Wildman–Crippen LogP) is 1.71. The summed E-state index contributed by atoms with van der Waals surface area (Å²) in [5.41, 5.74) is 1.84. The van der Waals surface area contributed by atoms with Gasteiger partial charge in [-0.05, 0) is 63.3 Å². The molecule has 1 aromatic carbocycles. The Morgan fingerprint density at radius 3 is 2.70 bits per heavy atom. The number of hydrogen-bond acceptors (Lipinski definition) is 3. The van der Waals surface area contributed by atoms with Crippen LogP contribution < -0.4 is 4.72 Å². The summed E-state index contributed by atoms with van der Waals surface area (Å²) in [6, 6.07) is 7.71. The average molecular weight is 295 g/mol. The molecule has 0 aliphatic rings. The Morgan fingerprint density at radius 2 is 2.05 bits per heavy atom. The van der Waals surface area contributed by atoms with Crippen molar-refractivity contribution in [3.63, 3.8) is 0 Å². The minimum atomic E-state index is -3.35. The highest BCUT2D eigenvalue weighted by atomic mass is 32.2. The van der Waals surface area contributed by atoms with Crippen molar-refractivity contribution in [3.8, 4) is 0 Å². The van der Waals surface area contributed by atoms with Crippen molar-refractivity contribution >= 4 is 20.9 Å². The van der Waals surface area contributed by atoms with Crippen LogP contribution in [-0.4, -0.2) is 46.0 Å². The van der Waals surface area contributed by atoms with Gasteiger partial charge in [-0.1, -0.05) is 6.07 Å². The van der Waals surface area contributed by atoms with E-state index in [1.165, 1.54) is 7.05 Å². The molecule has 0 bridgehead atoms. The molecule has 0 fully saturated rings. The fourth-order valence-electron chi connectivity index (χ4n) is 2.29. The highest BCUT2D eigenvalue weighted by Crippen LogP contribution is 2.28. The van der Waals surface area contributed by atoms with Crippen molar-refractivity contribution in [2.75, 3.05) is 27.7 Å². The van der Waals surface area contributed by atoms with Crippen LogP contribution in [0.2, 0.25) is 0 Å². The van der Waals surface area contributed by atoms with E-state index < -0.39 is 15.3 Å². The Bertz CT molecular complexity index is 677. The summed E-state index contributed by atoms with van der Waals surface area (Å²) in [6.07, 6.45) is 2.42. The molecule has 5 nitrogen and oxygen atoms in total. The lowest BCUT2D eigenvalue weighted by molar-refractivity contribution is 0.395. The van der Waals surface area contributed by atoms with Crippen molar-refractivity contribution in [1.29, 1.82) is 0 Å². The molecule has 1 atom stereocenters. The van der Waals surface area contributed by atoms with Gasteiger partial charge >= 0.3 is 0 Å². The highest BCUT2D eigenvalue weighted by molar-refractivity contribution is 7.89. The van der Waals surface area contributed by atoms with Crippen LogP contribution in [0.3, 0.4) is 0 Å². The molecule has 2 aromatic rings. The van der Waals surface area contributed by atoms with Gasteiger partial charge in [-0.3, -0.25) is 0 Å². The van der Waals surface area contributed by atoms with Crippen molar-refractivity contribution in [2.45, 2.75) is 11.7 Å². The van der Waals surface area contributed by atoms with E-state index in [1.54, 1.807) is 0 Å². The zero-order valence-corrected chi connectivity index (χ0v) is 12.9. The van der Waals surface area contributed by atoms with E-state index in [0.717, 1.165) is 23.0 Å². The van der Waals surface area contributed by atoms with Crippen molar-refractivity contribution < 1.29 is 8.42 Å². The van der Waals surface area contributed by atoms with Gasteiger partial charge in [0.25, 0.3) is 0 Å². The monoisotopic (exact) mass is 295 g/mol. The molecule has 0 radical (unpaired) electrons. The van der Waals surface area contributed by atoms with Crippen LogP contribution in [-0.2, 0) is 10.0 Å². The molecule has 1 unspecified atom stereocenters. The molecular formula is C14H21N3O2S. The van der Waals surface area contributed by atoms with Crippen molar-refractivity contribution in [1.82, 2.24) is 14.6 Å². The molecule has 2 N–H and O–H groups in total. The number of rotatable bonds is 6. The molecule has 6 heteroatoms. The summed E-state index contributed by atoms with van der Waals surface area (Å²) in [6.45, 7) is 0.719. The maximum atomic E-state index is 12.2. The molecule has 0 spiro atoms. The second kappa shape index (κ2) is 5.95. The largest absolute Gasteiger partial charge is 0.361 e. The fraction of sp³-hybridized carbons (Fsp3) is 0.429. The number of aromatic nitrogens is 1. The first kappa shape index (κ1) is 15.0. The molecule has 110 valence electrons. The van der Waals surface area contributed by atoms with E-state index in [2.05, 4.69) is 9.71 Å². The Hall–Kier alpha value is -1.37. The van der Waals surface area contributed by atoms with Crippen LogP contribution in [0.5, 0.6) is 0 Å². The van der Waals surface area contributed by atoms with Crippen molar-refractivity contribution in [2.24, 2.45) is 0 Å². The van der Waals surface area contributed by atoms with Gasteiger partial charge in [-0.2, -0.15) is 0 Å². The molecule has 0 aliphatic heterocycles. The molecule has 0 amide bonds. The first-order chi connectivity index (χ1) is 9.44. The number of aromatic amines is 1. The molecule has 0 aliphatic carbocycles. The lowest BCUT2D eigenvalue weighted by atomic mass is 10.1. The number of sulfonamides is 1. The summed E-state index contributed by atoms with van der Waals surface area (Å²) in [7, 11) is 2.00. The van der Waals surface area contributed by atoms with Gasteiger partial charge < -0.3 is 9.88 Å². The van der Waals surface area contributed by atoms with Crippen LogP contribution in [0.15, 0.2) is 30.5 Å². The van der Waals surface area contributed by atoms with Gasteiger partial charge in [-0.15, -0.1) is 0 Å². The Balaban J connectivity index is 2.38. The molecule has 1 heterocycles. The zero-order chi connectivity index (χ0) is 14.8. The van der Waals surface area contributed by atoms with Crippen LogP contribution in [0.25, 0.3) is 10.9 Å². The Labute approximate surface area is 120 Å². The Kier molecular flexibility index (Phi) is 4.47. The SMILES string of the molecule is CNS(=O)(=O)C(CCN(C)C)c1ccc2[nH]ccc2c1. The third-order valence-corrected chi connectivity index (χ3v) is 5.27. The number of nitrogens with zero attached hydrogens (tertiary/aromatic N) is 1. The van der Waals surface area contributed by atoms with Gasteiger partial charge in [0, 0.05) is 11.7 Å². The van der Waals surface area contributed by atoms with Crippen LogP contribution in [0.1, 0.15) is 17.2 Å². The van der Waals surface area contributed by atoms with Gasteiger partial charge in [0.2, 0.25) is 10.0 Å². The molecular weight excluding hydrogens is 274 g/mol. The molecule has 0 saturated heterocycles. The molecule has 1 aromatic heterocycles. The van der Waals surface area contributed by atoms with Crippen LogP contribution >= 0.6 is 0 Å². The summed E-state index contributed by atoms with van der Waals surface area (Å²) in [5.74, 6) is 0. The second-order valence-electron chi connectivity index (χ2n) is 5.15. The van der Waals surface area contributed by atoms with Crippen molar-refractivity contribution in [3.05, 3.63) is 36.0 Å². The van der Waals surface area contributed by atoms with Gasteiger partial charge in [0.15, 0.2) is 0 Å². The average Bonchev–Trinajstić information content (AvgIpc) is 2.85. The van der Waals surface area contributed by atoms with E-state index in [4.69, 9.17) is 0 Å². The molecule has 0 saturated carbocycles. The van der Waals surface area contributed by atoms with Gasteiger partial charge in [-0.25, -0.2) is 13.1 Å². The summed E-state index contributed by atoms with van der Waals surface area (Å²) in [5, 5.41) is 0.498. The molecule has 2 rings (SSSR count). The minimum Gasteiger partial charge on any atom is -0.361 e. The third kappa shape index (κ3) is 3.20. The van der Waals surface area contributed by atoms with Crippen LogP contribution in [0.4, 0.5) is 0 Å². The number of nitrogens with one attached hydrogen (secondary N) is 2. The van der Waals surface area contributed by atoms with E-state index in [0.29, 0.717) is 6.42 Å². The van der Waals surface area contributed by atoms with E-state index in [-0.39, 0.29) is 0 Å². The van der Waals surface area contributed by atoms with Crippen LogP contribution in [0, 0.1) is 0 Å². The van der Waals surface area contributed by atoms with Gasteiger partial charge in [0.1, 0.15) is 5.25 Å². The van der Waals surface area contributed by atoms with Gasteiger partial charge in [0.05, 0.1) is 0 Å². The normalized spacial score (nSPS) is 14.0. The smallest absolute Gasteiger partial charge is 0.218 e. The maximum absolute atomic E-state index is 12.2. The quantitative estimate of drug-likeness (QED) is 0.852. The number of fused-ring (bicyclic) bond motifs is 1. The number of H-pyrrole nitrogens is 1. The highest BCUT2D eigenvalue weighted by Gasteiger charge is 2.25. The third-order valence-electron chi connectivity index (χ3n) is 3.45. The summed E-state index contributed by atoms with van der Waals surface area (Å²) in [4.78, 5) is 5.11. The standard InChI is InChI=1S/C14H21N3O2S/c1-15-20(18,19)14(7-9-17(2)3)12-4-5-13-11(10-12)6-8-16-13/h4-6,8,10,14-16H,7,9H2,1-3H3. The number of hydrogen-bond donors (Lipinski definition) is 2.